The van der Waals surface area contributed by atoms with Gasteiger partial charge in [0.25, 0.3) is 0 Å². The van der Waals surface area contributed by atoms with Crippen LogP contribution in [0.3, 0.4) is 0 Å². The van der Waals surface area contributed by atoms with E-state index >= 15 is 0 Å². The topological polar surface area (TPSA) is 86.5 Å². The summed E-state index contributed by atoms with van der Waals surface area (Å²) in [6.45, 7) is 3.30. The molecule has 0 saturated heterocycles. The maximum Gasteiger partial charge on any atom is 0.340 e. The van der Waals surface area contributed by atoms with Crippen LogP contribution in [0.5, 0.6) is 0 Å². The van der Waals surface area contributed by atoms with Gasteiger partial charge in [-0.2, -0.15) is 0 Å². The van der Waals surface area contributed by atoms with Crippen LogP contribution in [-0.4, -0.2) is 20.5 Å². The Bertz CT molecular complexity index is 584. The van der Waals surface area contributed by atoms with Gasteiger partial charge < -0.3 is 4.74 Å². The van der Waals surface area contributed by atoms with Crippen molar-refractivity contribution in [1.29, 1.82) is 0 Å². The Kier molecular flexibility index (Phi) is 4.61. The molecule has 18 heavy (non-hydrogen) atoms. The standard InChI is InChI=1S/C10H11Cl2NO4S/c1-5(2)17-10(14)7-3-6(11)4-8(9(7)12)18(13,15)16/h3-5H,1-2H3,(H2,13,15,16). The molecule has 0 aromatic heterocycles. The van der Waals surface area contributed by atoms with Crippen molar-refractivity contribution in [2.24, 2.45) is 5.14 Å². The van der Waals surface area contributed by atoms with Gasteiger partial charge in [0.05, 0.1) is 16.7 Å². The Morgan fingerprint density at radius 1 is 1.33 bits per heavy atom. The fourth-order valence-corrected chi connectivity index (χ4v) is 2.64. The Morgan fingerprint density at radius 3 is 2.33 bits per heavy atom. The second-order valence-electron chi connectivity index (χ2n) is 3.76. The Balaban J connectivity index is 3.39. The van der Waals surface area contributed by atoms with Crippen LogP contribution >= 0.6 is 23.2 Å². The number of hydrogen-bond acceptors (Lipinski definition) is 4. The van der Waals surface area contributed by atoms with Gasteiger partial charge in [0.1, 0.15) is 4.90 Å². The SMILES string of the molecule is CC(C)OC(=O)c1cc(Cl)cc(S(N)(=O)=O)c1Cl. The molecule has 8 heteroatoms. The van der Waals surface area contributed by atoms with E-state index in [0.717, 1.165) is 6.07 Å². The summed E-state index contributed by atoms with van der Waals surface area (Å²) >= 11 is 11.5. The van der Waals surface area contributed by atoms with Crippen LogP contribution in [0.15, 0.2) is 17.0 Å². The minimum Gasteiger partial charge on any atom is -0.459 e. The van der Waals surface area contributed by atoms with Crippen LogP contribution < -0.4 is 5.14 Å². The lowest BCUT2D eigenvalue weighted by atomic mass is 10.2. The average molecular weight is 312 g/mol. The summed E-state index contributed by atoms with van der Waals surface area (Å²) in [5, 5.41) is 4.70. The first-order valence-corrected chi connectivity index (χ1v) is 7.16. The Hall–Kier alpha value is -0.820. The first-order valence-electron chi connectivity index (χ1n) is 4.85. The fourth-order valence-electron chi connectivity index (χ4n) is 1.20. The molecule has 0 aliphatic rings. The smallest absolute Gasteiger partial charge is 0.340 e. The predicted octanol–water partition coefficient (Wildman–Crippen LogP) is 2.21. The molecule has 0 aliphatic heterocycles. The van der Waals surface area contributed by atoms with Gasteiger partial charge in [-0.25, -0.2) is 18.4 Å². The molecule has 1 aromatic rings. The molecular formula is C10H11Cl2NO4S. The number of halogens is 2. The zero-order chi connectivity index (χ0) is 14.1. The van der Waals surface area contributed by atoms with E-state index < -0.39 is 20.9 Å². The largest absolute Gasteiger partial charge is 0.459 e. The number of carbonyl (C=O) groups excluding carboxylic acids is 1. The minimum absolute atomic E-state index is 0.0270. The third-order valence-electron chi connectivity index (χ3n) is 1.87. The summed E-state index contributed by atoms with van der Waals surface area (Å²) in [7, 11) is -4.06. The van der Waals surface area contributed by atoms with Crippen molar-refractivity contribution in [2.75, 3.05) is 0 Å². The molecule has 0 atom stereocenters. The summed E-state index contributed by atoms with van der Waals surface area (Å²) in [4.78, 5) is 11.3. The third kappa shape index (κ3) is 3.58. The maximum absolute atomic E-state index is 11.7. The molecule has 5 nitrogen and oxygen atoms in total. The molecule has 100 valence electrons. The third-order valence-corrected chi connectivity index (χ3v) is 3.55. The highest BCUT2D eigenvalue weighted by Gasteiger charge is 2.22. The summed E-state index contributed by atoms with van der Waals surface area (Å²) in [6.07, 6.45) is -0.370. The van der Waals surface area contributed by atoms with E-state index in [1.807, 2.05) is 0 Å². The first-order chi connectivity index (χ1) is 8.12. The first kappa shape index (κ1) is 15.2. The van der Waals surface area contributed by atoms with Crippen molar-refractivity contribution in [1.82, 2.24) is 0 Å². The van der Waals surface area contributed by atoms with Crippen molar-refractivity contribution in [3.8, 4) is 0 Å². The van der Waals surface area contributed by atoms with Crippen LogP contribution in [0.1, 0.15) is 24.2 Å². The lowest BCUT2D eigenvalue weighted by Gasteiger charge is -2.11. The quantitative estimate of drug-likeness (QED) is 0.867. The van der Waals surface area contributed by atoms with Crippen molar-refractivity contribution in [3.05, 3.63) is 27.7 Å². The highest BCUT2D eigenvalue weighted by atomic mass is 35.5. The normalized spacial score (nSPS) is 11.7. The summed E-state index contributed by atoms with van der Waals surface area (Å²) < 4.78 is 27.5. The van der Waals surface area contributed by atoms with Gasteiger partial charge in [0.2, 0.25) is 10.0 Å². The second kappa shape index (κ2) is 5.44. The number of primary sulfonamides is 1. The molecule has 0 bridgehead atoms. The second-order valence-corrected chi connectivity index (χ2v) is 6.11. The van der Waals surface area contributed by atoms with E-state index in [1.54, 1.807) is 13.8 Å². The van der Waals surface area contributed by atoms with Crippen molar-refractivity contribution in [2.45, 2.75) is 24.8 Å². The van der Waals surface area contributed by atoms with Crippen LogP contribution in [0.4, 0.5) is 0 Å². The van der Waals surface area contributed by atoms with E-state index in [4.69, 9.17) is 33.1 Å². The zero-order valence-electron chi connectivity index (χ0n) is 9.61. The summed E-state index contributed by atoms with van der Waals surface area (Å²) in [6, 6.07) is 2.30. The van der Waals surface area contributed by atoms with E-state index in [0.29, 0.717) is 0 Å². The predicted molar refractivity (Wildman–Crippen MR) is 68.4 cm³/mol. The van der Waals surface area contributed by atoms with Gasteiger partial charge in [-0.1, -0.05) is 23.2 Å². The number of esters is 1. The molecule has 0 radical (unpaired) electrons. The van der Waals surface area contributed by atoms with Crippen LogP contribution in [0, 0.1) is 0 Å². The van der Waals surface area contributed by atoms with Gasteiger partial charge in [0, 0.05) is 5.02 Å². The molecule has 0 amide bonds. The van der Waals surface area contributed by atoms with E-state index in [-0.39, 0.29) is 21.7 Å². The van der Waals surface area contributed by atoms with Gasteiger partial charge in [-0.05, 0) is 26.0 Å². The van der Waals surface area contributed by atoms with Gasteiger partial charge in [0.15, 0.2) is 0 Å². The number of ether oxygens (including phenoxy) is 1. The summed E-state index contributed by atoms with van der Waals surface area (Å²) in [5.74, 6) is -0.762. The number of nitrogens with two attached hydrogens (primary N) is 1. The van der Waals surface area contributed by atoms with Gasteiger partial charge in [-0.3, -0.25) is 0 Å². The van der Waals surface area contributed by atoms with E-state index in [9.17, 15) is 13.2 Å². The highest BCUT2D eigenvalue weighted by Crippen LogP contribution is 2.29. The van der Waals surface area contributed by atoms with E-state index in [2.05, 4.69) is 0 Å². The fraction of sp³-hybridized carbons (Fsp3) is 0.300. The monoisotopic (exact) mass is 311 g/mol. The lowest BCUT2D eigenvalue weighted by Crippen LogP contribution is -2.16. The zero-order valence-corrected chi connectivity index (χ0v) is 11.9. The van der Waals surface area contributed by atoms with Crippen LogP contribution in [0.25, 0.3) is 0 Å². The molecule has 0 saturated carbocycles. The molecule has 0 spiro atoms. The molecule has 0 heterocycles. The molecule has 1 aromatic carbocycles. The van der Waals surface area contributed by atoms with Crippen molar-refractivity contribution < 1.29 is 17.9 Å². The Morgan fingerprint density at radius 2 is 1.89 bits per heavy atom. The average Bonchev–Trinajstić information content (AvgIpc) is 2.18. The van der Waals surface area contributed by atoms with E-state index in [1.165, 1.54) is 6.07 Å². The number of rotatable bonds is 3. The Labute approximate surface area is 115 Å². The molecule has 0 fully saturated rings. The molecule has 0 aliphatic carbocycles. The van der Waals surface area contributed by atoms with Gasteiger partial charge in [-0.15, -0.1) is 0 Å². The number of sulfonamides is 1. The number of hydrogen-bond donors (Lipinski definition) is 1. The maximum atomic E-state index is 11.7. The lowest BCUT2D eigenvalue weighted by molar-refractivity contribution is 0.0378. The van der Waals surface area contributed by atoms with Crippen molar-refractivity contribution in [3.63, 3.8) is 0 Å². The summed E-state index contributed by atoms with van der Waals surface area (Å²) in [5.41, 5.74) is -0.137. The molecule has 2 N–H and O–H groups in total. The highest BCUT2D eigenvalue weighted by molar-refractivity contribution is 7.89. The molecule has 1 rings (SSSR count). The number of benzene rings is 1. The van der Waals surface area contributed by atoms with Crippen LogP contribution in [-0.2, 0) is 14.8 Å². The minimum atomic E-state index is -4.06. The molecular weight excluding hydrogens is 301 g/mol. The van der Waals surface area contributed by atoms with Gasteiger partial charge >= 0.3 is 5.97 Å². The molecule has 0 unspecified atom stereocenters. The van der Waals surface area contributed by atoms with Crippen molar-refractivity contribution >= 4 is 39.2 Å². The van der Waals surface area contributed by atoms with Crippen LogP contribution in [0.2, 0.25) is 10.0 Å². The number of carbonyl (C=O) groups is 1.